The highest BCUT2D eigenvalue weighted by atomic mass is 19.4. The summed E-state index contributed by atoms with van der Waals surface area (Å²) in [4.78, 5) is 34.9. The van der Waals surface area contributed by atoms with Crippen molar-refractivity contribution in [1.29, 1.82) is 0 Å². The van der Waals surface area contributed by atoms with Gasteiger partial charge in [0, 0.05) is 86.2 Å². The number of para-hydroxylation sites is 3. The van der Waals surface area contributed by atoms with Crippen LogP contribution in [0.15, 0.2) is 133 Å². The number of rotatable bonds is 12. The molecule has 3 aromatic heterocycles. The number of fused-ring (bicyclic) bond motifs is 3. The summed E-state index contributed by atoms with van der Waals surface area (Å²) in [5.41, 5.74) is 3.75. The molecule has 3 saturated heterocycles. The Hall–Kier alpha value is -8.35. The molecule has 6 aromatic carbocycles. The van der Waals surface area contributed by atoms with E-state index in [1.165, 1.54) is 49.6 Å². The SMILES string of the molecule is C[C@@H](Nc1nc(N2CCCCC2)nc2ccccc12)c1ccc(C(F)(F)F)cc1.Fc1ccc(CNc2nc(N3CCCCC3)nc3ccccc23)c(F)c1.Fc1ccc(CNc2nc(N3CCCCC3)nc3ccccc23)cc1F. The molecule has 12 nitrogen and oxygen atoms in total. The van der Waals surface area contributed by atoms with Crippen LogP contribution in [0.1, 0.15) is 93.0 Å². The third-order valence-electron chi connectivity index (χ3n) is 14.7. The molecule has 12 rings (SSSR count). The number of hydrogen-bond acceptors (Lipinski definition) is 12. The molecule has 6 heterocycles. The van der Waals surface area contributed by atoms with Crippen molar-refractivity contribution in [3.63, 3.8) is 0 Å². The average Bonchev–Trinajstić information content (AvgIpc) is 3.54. The van der Waals surface area contributed by atoms with E-state index in [1.54, 1.807) is 6.07 Å². The van der Waals surface area contributed by atoms with Gasteiger partial charge in [0.15, 0.2) is 11.6 Å². The molecule has 0 bridgehead atoms. The molecule has 0 amide bonds. The molecule has 3 fully saturated rings. The summed E-state index contributed by atoms with van der Waals surface area (Å²) in [6, 6.07) is 35.9. The normalized spacial score (nSPS) is 15.1. The minimum absolute atomic E-state index is 0.204. The van der Waals surface area contributed by atoms with E-state index in [9.17, 15) is 30.7 Å². The number of hydrogen-bond donors (Lipinski definition) is 3. The van der Waals surface area contributed by atoms with Crippen LogP contribution in [-0.2, 0) is 19.3 Å². The van der Waals surface area contributed by atoms with E-state index < -0.39 is 35.0 Å². The molecule has 0 radical (unpaired) electrons. The molecular formula is C62H63F7N12. The fourth-order valence-electron chi connectivity index (χ4n) is 10.2. The van der Waals surface area contributed by atoms with Gasteiger partial charge in [0.1, 0.15) is 29.1 Å². The zero-order valence-electron chi connectivity index (χ0n) is 45.0. The number of aromatic nitrogens is 6. The average molecular weight is 1110 g/mol. The highest BCUT2D eigenvalue weighted by Crippen LogP contribution is 2.33. The highest BCUT2D eigenvalue weighted by Gasteiger charge is 2.30. The van der Waals surface area contributed by atoms with Gasteiger partial charge in [-0.2, -0.15) is 28.1 Å². The Morgan fingerprint density at radius 2 is 0.889 bits per heavy atom. The lowest BCUT2D eigenvalue weighted by Crippen LogP contribution is -2.31. The fraction of sp³-hybridized carbons (Fsp3) is 0.323. The van der Waals surface area contributed by atoms with E-state index in [-0.39, 0.29) is 12.6 Å². The quantitative estimate of drug-likeness (QED) is 0.101. The molecule has 0 unspecified atom stereocenters. The van der Waals surface area contributed by atoms with E-state index in [4.69, 9.17) is 29.9 Å². The lowest BCUT2D eigenvalue weighted by Gasteiger charge is -2.27. The topological polar surface area (TPSA) is 123 Å². The maximum atomic E-state index is 13.9. The molecule has 3 N–H and O–H groups in total. The van der Waals surface area contributed by atoms with Crippen molar-refractivity contribution in [2.24, 2.45) is 0 Å². The van der Waals surface area contributed by atoms with Crippen molar-refractivity contribution in [2.45, 2.75) is 90.0 Å². The maximum Gasteiger partial charge on any atom is 0.416 e. The van der Waals surface area contributed by atoms with Gasteiger partial charge >= 0.3 is 6.18 Å². The highest BCUT2D eigenvalue weighted by molar-refractivity contribution is 5.92. The van der Waals surface area contributed by atoms with Gasteiger partial charge in [0.05, 0.1) is 22.1 Å². The van der Waals surface area contributed by atoms with E-state index in [1.807, 2.05) is 79.7 Å². The van der Waals surface area contributed by atoms with Crippen molar-refractivity contribution < 1.29 is 30.7 Å². The first-order chi connectivity index (χ1) is 39.3. The van der Waals surface area contributed by atoms with Crippen LogP contribution in [-0.4, -0.2) is 69.2 Å². The largest absolute Gasteiger partial charge is 0.416 e. The number of nitrogens with zero attached hydrogens (tertiary/aromatic N) is 9. The van der Waals surface area contributed by atoms with E-state index in [2.05, 4.69) is 30.7 Å². The second-order valence-electron chi connectivity index (χ2n) is 20.5. The molecule has 1 atom stereocenters. The van der Waals surface area contributed by atoms with Crippen LogP contribution < -0.4 is 30.7 Å². The Labute approximate surface area is 465 Å². The minimum atomic E-state index is -4.33. The van der Waals surface area contributed by atoms with Crippen molar-refractivity contribution in [3.8, 4) is 0 Å². The van der Waals surface area contributed by atoms with Gasteiger partial charge in [0.25, 0.3) is 0 Å². The van der Waals surface area contributed by atoms with Gasteiger partial charge in [-0.1, -0.05) is 60.7 Å². The second kappa shape index (κ2) is 25.8. The second-order valence-corrected chi connectivity index (χ2v) is 20.5. The number of alkyl halides is 3. The zero-order chi connectivity index (χ0) is 56.3. The summed E-state index contributed by atoms with van der Waals surface area (Å²) in [5, 5.41) is 12.5. The van der Waals surface area contributed by atoms with Gasteiger partial charge in [0.2, 0.25) is 17.8 Å². The van der Waals surface area contributed by atoms with Crippen molar-refractivity contribution in [3.05, 3.63) is 179 Å². The first-order valence-electron chi connectivity index (χ1n) is 27.7. The Balaban J connectivity index is 0.000000137. The standard InChI is InChI=1S/C22H23F3N4.2C20H20F2N4/c1-15(16-9-11-17(12-10-16)22(23,24)25)26-20-18-7-3-4-8-19(18)27-21(28-20)29-13-5-2-6-14-29;21-15-9-8-14(17(22)12-15)13-23-19-16-6-2-3-7-18(16)24-20(25-19)26-10-4-1-5-11-26;21-16-9-8-14(12-17(16)22)13-23-19-15-6-2-3-7-18(15)24-20(25-19)26-10-4-1-5-11-26/h3-4,7-12,15H,2,5-6,13-14H2,1H3,(H,26,27,28);2*2-3,6-9,12H,1,4-5,10-11,13H2,(H,23,24,25)/t15-;;/m1../s1. The Morgan fingerprint density at radius 3 is 1.35 bits per heavy atom. The lowest BCUT2D eigenvalue weighted by atomic mass is 10.1. The Morgan fingerprint density at radius 1 is 0.444 bits per heavy atom. The summed E-state index contributed by atoms with van der Waals surface area (Å²) < 4.78 is 92.0. The van der Waals surface area contributed by atoms with Crippen LogP contribution in [0.5, 0.6) is 0 Å². The smallest absolute Gasteiger partial charge is 0.365 e. The summed E-state index contributed by atoms with van der Waals surface area (Å²) in [6.45, 7) is 8.19. The summed E-state index contributed by atoms with van der Waals surface area (Å²) in [7, 11) is 0. The molecule has 420 valence electrons. The molecule has 81 heavy (non-hydrogen) atoms. The van der Waals surface area contributed by atoms with Crippen molar-refractivity contribution >= 4 is 68.0 Å². The van der Waals surface area contributed by atoms with Gasteiger partial charge in [-0.3, -0.25) is 0 Å². The molecule has 0 aliphatic carbocycles. The number of nitrogens with one attached hydrogen (secondary N) is 3. The van der Waals surface area contributed by atoms with E-state index >= 15 is 0 Å². The first kappa shape index (κ1) is 55.9. The van der Waals surface area contributed by atoms with Crippen molar-refractivity contribution in [2.75, 3.05) is 69.9 Å². The third kappa shape index (κ3) is 14.2. The predicted molar refractivity (Wildman–Crippen MR) is 308 cm³/mol. The molecule has 0 spiro atoms. The third-order valence-corrected chi connectivity index (χ3v) is 14.7. The van der Waals surface area contributed by atoms with Crippen molar-refractivity contribution in [1.82, 2.24) is 29.9 Å². The van der Waals surface area contributed by atoms with Crippen LogP contribution in [0.3, 0.4) is 0 Å². The Kier molecular flexibility index (Phi) is 17.8. The van der Waals surface area contributed by atoms with E-state index in [0.717, 1.165) is 146 Å². The molecule has 9 aromatic rings. The minimum Gasteiger partial charge on any atom is -0.365 e. The summed E-state index contributed by atoms with van der Waals surface area (Å²) in [5.74, 6) is 1.37. The monoisotopic (exact) mass is 1110 g/mol. The van der Waals surface area contributed by atoms with E-state index in [0.29, 0.717) is 47.0 Å². The maximum absolute atomic E-state index is 13.9. The first-order valence-corrected chi connectivity index (χ1v) is 27.7. The number of benzene rings is 6. The van der Waals surface area contributed by atoms with Gasteiger partial charge in [-0.15, -0.1) is 0 Å². The molecular weight excluding hydrogens is 1050 g/mol. The lowest BCUT2D eigenvalue weighted by molar-refractivity contribution is -0.137. The van der Waals surface area contributed by atoms with Gasteiger partial charge in [-0.05, 0) is 143 Å². The summed E-state index contributed by atoms with van der Waals surface area (Å²) in [6.07, 6.45) is 6.19. The molecule has 0 saturated carbocycles. The van der Waals surface area contributed by atoms with Crippen LogP contribution in [0.2, 0.25) is 0 Å². The Bertz CT molecular complexity index is 3570. The number of piperidine rings is 3. The van der Waals surface area contributed by atoms with Crippen LogP contribution in [0, 0.1) is 23.3 Å². The fourth-order valence-corrected chi connectivity index (χ4v) is 10.2. The summed E-state index contributed by atoms with van der Waals surface area (Å²) >= 11 is 0. The van der Waals surface area contributed by atoms with Gasteiger partial charge in [-0.25, -0.2) is 32.5 Å². The predicted octanol–water partition coefficient (Wildman–Crippen LogP) is 14.8. The number of anilines is 6. The molecule has 19 heteroatoms. The van der Waals surface area contributed by atoms with Gasteiger partial charge < -0.3 is 30.7 Å². The van der Waals surface area contributed by atoms with Crippen LogP contribution in [0.25, 0.3) is 32.7 Å². The van der Waals surface area contributed by atoms with Crippen LogP contribution >= 0.6 is 0 Å². The molecule has 3 aliphatic heterocycles. The molecule has 3 aliphatic rings. The zero-order valence-corrected chi connectivity index (χ0v) is 45.0. The van der Waals surface area contributed by atoms with Crippen LogP contribution in [0.4, 0.5) is 66.0 Å². The number of halogens is 7.